The van der Waals surface area contributed by atoms with Crippen LogP contribution < -0.4 is 10.6 Å². The lowest BCUT2D eigenvalue weighted by molar-refractivity contribution is -0.137. The number of nitrogens with one attached hydrogen (secondary N) is 2. The fourth-order valence-electron chi connectivity index (χ4n) is 4.95. The Labute approximate surface area is 151 Å². The third-order valence-electron chi connectivity index (χ3n) is 6.55. The van der Waals surface area contributed by atoms with Crippen LogP contribution in [0.15, 0.2) is 0 Å². The first-order valence-corrected chi connectivity index (χ1v) is 10.1. The van der Waals surface area contributed by atoms with E-state index in [-0.39, 0.29) is 17.9 Å². The molecular weight excluding hydrogens is 316 g/mol. The van der Waals surface area contributed by atoms with Gasteiger partial charge in [0.2, 0.25) is 11.8 Å². The molecule has 1 aliphatic carbocycles. The van der Waals surface area contributed by atoms with Crippen LogP contribution in [0.1, 0.15) is 58.8 Å². The maximum Gasteiger partial charge on any atom is 0.245 e. The van der Waals surface area contributed by atoms with E-state index in [1.807, 2.05) is 13.8 Å². The normalized spacial score (nSPS) is 29.6. The number of amides is 2. The summed E-state index contributed by atoms with van der Waals surface area (Å²) in [5.74, 6) is 0.0115. The van der Waals surface area contributed by atoms with Gasteiger partial charge in [-0.25, -0.2) is 0 Å². The summed E-state index contributed by atoms with van der Waals surface area (Å²) in [5, 5.41) is 5.87. The summed E-state index contributed by atoms with van der Waals surface area (Å²) >= 11 is 0. The van der Waals surface area contributed by atoms with Gasteiger partial charge in [0, 0.05) is 31.2 Å². The second kappa shape index (κ2) is 8.04. The first-order valence-electron chi connectivity index (χ1n) is 10.1. The molecule has 3 rings (SSSR count). The Hall–Kier alpha value is -1.14. The Bertz CT molecular complexity index is 492. The van der Waals surface area contributed by atoms with E-state index in [9.17, 15) is 9.59 Å². The van der Waals surface area contributed by atoms with Crippen molar-refractivity contribution in [3.8, 4) is 0 Å². The maximum atomic E-state index is 13.1. The highest BCUT2D eigenvalue weighted by Crippen LogP contribution is 2.37. The average Bonchev–Trinajstić information content (AvgIpc) is 3.34. The number of hydrogen-bond acceptors (Lipinski definition) is 4. The number of carbonyl (C=O) groups is 2. The summed E-state index contributed by atoms with van der Waals surface area (Å²) in [6.07, 6.45) is 8.18. The molecule has 3 fully saturated rings. The third kappa shape index (κ3) is 3.70. The van der Waals surface area contributed by atoms with Crippen LogP contribution in [0, 0.1) is 0 Å². The van der Waals surface area contributed by atoms with Crippen LogP contribution in [0.25, 0.3) is 0 Å². The zero-order chi connectivity index (χ0) is 18.0. The van der Waals surface area contributed by atoms with Crippen molar-refractivity contribution in [2.24, 2.45) is 0 Å². The van der Waals surface area contributed by atoms with Crippen molar-refractivity contribution < 1.29 is 9.59 Å². The SMILES string of the molecule is CC[C@H](NC(=O)[C@H](C)NC)C(=O)N1CC[C@@H]2[C@H]1CCN2C1CCCC1. The second-order valence-corrected chi connectivity index (χ2v) is 7.90. The molecule has 2 saturated heterocycles. The van der Waals surface area contributed by atoms with Crippen LogP contribution in [0.4, 0.5) is 0 Å². The quantitative estimate of drug-likeness (QED) is 0.753. The molecule has 2 heterocycles. The number of carbonyl (C=O) groups excluding carboxylic acids is 2. The Morgan fingerprint density at radius 3 is 2.40 bits per heavy atom. The van der Waals surface area contributed by atoms with E-state index in [0.29, 0.717) is 18.5 Å². The van der Waals surface area contributed by atoms with Crippen LogP contribution in [0.2, 0.25) is 0 Å². The number of fused-ring (bicyclic) bond motifs is 1. The molecule has 2 aliphatic heterocycles. The number of hydrogen-bond donors (Lipinski definition) is 2. The minimum absolute atomic E-state index is 0.0996. The maximum absolute atomic E-state index is 13.1. The Kier molecular flexibility index (Phi) is 6.00. The van der Waals surface area contributed by atoms with Crippen LogP contribution in [-0.4, -0.2) is 72.0 Å². The summed E-state index contributed by atoms with van der Waals surface area (Å²) in [6.45, 7) is 5.75. The molecule has 0 aromatic rings. The lowest BCUT2D eigenvalue weighted by Crippen LogP contribution is -2.53. The van der Waals surface area contributed by atoms with E-state index in [0.717, 1.165) is 32.0 Å². The van der Waals surface area contributed by atoms with Crippen molar-refractivity contribution in [2.75, 3.05) is 20.1 Å². The van der Waals surface area contributed by atoms with Crippen molar-refractivity contribution in [3.05, 3.63) is 0 Å². The predicted octanol–water partition coefficient (Wildman–Crippen LogP) is 1.11. The molecule has 4 atom stereocenters. The minimum atomic E-state index is -0.400. The Morgan fingerprint density at radius 2 is 1.76 bits per heavy atom. The molecule has 0 aromatic heterocycles. The van der Waals surface area contributed by atoms with Crippen LogP contribution in [-0.2, 0) is 9.59 Å². The summed E-state index contributed by atoms with van der Waals surface area (Å²) in [5.41, 5.74) is 0. The number of rotatable bonds is 6. The smallest absolute Gasteiger partial charge is 0.245 e. The summed E-state index contributed by atoms with van der Waals surface area (Å²) in [7, 11) is 1.76. The van der Waals surface area contributed by atoms with Gasteiger partial charge in [-0.3, -0.25) is 14.5 Å². The van der Waals surface area contributed by atoms with Crippen molar-refractivity contribution in [2.45, 2.75) is 89.0 Å². The van der Waals surface area contributed by atoms with Gasteiger partial charge < -0.3 is 15.5 Å². The zero-order valence-corrected chi connectivity index (χ0v) is 16.0. The fourth-order valence-corrected chi connectivity index (χ4v) is 4.95. The number of nitrogens with zero attached hydrogens (tertiary/aromatic N) is 2. The highest BCUT2D eigenvalue weighted by molar-refractivity contribution is 5.90. The molecule has 0 bridgehead atoms. The Balaban J connectivity index is 1.61. The molecule has 0 spiro atoms. The lowest BCUT2D eigenvalue weighted by atomic mass is 10.1. The number of likely N-dealkylation sites (N-methyl/N-ethyl adjacent to an activating group) is 1. The van der Waals surface area contributed by atoms with Crippen molar-refractivity contribution in [1.29, 1.82) is 0 Å². The molecule has 25 heavy (non-hydrogen) atoms. The molecule has 2 amide bonds. The molecule has 0 radical (unpaired) electrons. The molecule has 0 aromatic carbocycles. The van der Waals surface area contributed by atoms with E-state index in [4.69, 9.17) is 0 Å². The third-order valence-corrected chi connectivity index (χ3v) is 6.55. The average molecular weight is 351 g/mol. The highest BCUT2D eigenvalue weighted by atomic mass is 16.2. The molecule has 2 N–H and O–H groups in total. The van der Waals surface area contributed by atoms with E-state index in [2.05, 4.69) is 20.4 Å². The van der Waals surface area contributed by atoms with E-state index in [1.165, 1.54) is 25.7 Å². The monoisotopic (exact) mass is 350 g/mol. The van der Waals surface area contributed by atoms with Crippen molar-refractivity contribution >= 4 is 11.8 Å². The first-order chi connectivity index (χ1) is 12.1. The lowest BCUT2D eigenvalue weighted by Gasteiger charge is -2.31. The molecule has 142 valence electrons. The molecule has 0 unspecified atom stereocenters. The molecular formula is C19H34N4O2. The van der Waals surface area contributed by atoms with Gasteiger partial charge in [-0.1, -0.05) is 19.8 Å². The van der Waals surface area contributed by atoms with E-state index in [1.54, 1.807) is 7.05 Å². The van der Waals surface area contributed by atoms with Gasteiger partial charge in [0.25, 0.3) is 0 Å². The zero-order valence-electron chi connectivity index (χ0n) is 16.0. The second-order valence-electron chi connectivity index (χ2n) is 7.90. The van der Waals surface area contributed by atoms with E-state index >= 15 is 0 Å². The standard InChI is InChI=1S/C19H34N4O2/c1-4-15(21-18(24)13(2)20-3)19(25)23-12-10-16-17(23)9-11-22(16)14-7-5-6-8-14/h13-17,20H,4-12H2,1-3H3,(H,21,24)/t13-,15-,16+,17+/m0/s1. The summed E-state index contributed by atoms with van der Waals surface area (Å²) in [4.78, 5) is 30.0. The van der Waals surface area contributed by atoms with Gasteiger partial charge in [0.1, 0.15) is 6.04 Å². The minimum Gasteiger partial charge on any atom is -0.343 e. The molecule has 3 aliphatic rings. The largest absolute Gasteiger partial charge is 0.343 e. The topological polar surface area (TPSA) is 64.7 Å². The van der Waals surface area contributed by atoms with Crippen LogP contribution in [0.5, 0.6) is 0 Å². The molecule has 6 heteroatoms. The highest BCUT2D eigenvalue weighted by Gasteiger charge is 2.47. The van der Waals surface area contributed by atoms with Gasteiger partial charge in [0.15, 0.2) is 0 Å². The van der Waals surface area contributed by atoms with Gasteiger partial charge in [-0.2, -0.15) is 0 Å². The Morgan fingerprint density at radius 1 is 1.08 bits per heavy atom. The summed E-state index contributed by atoms with van der Waals surface area (Å²) in [6, 6.07) is 0.945. The first kappa shape index (κ1) is 18.6. The van der Waals surface area contributed by atoms with Crippen molar-refractivity contribution in [3.63, 3.8) is 0 Å². The molecule has 1 saturated carbocycles. The van der Waals surface area contributed by atoms with Gasteiger partial charge in [-0.05, 0) is 46.1 Å². The van der Waals surface area contributed by atoms with Crippen LogP contribution in [0.3, 0.4) is 0 Å². The number of likely N-dealkylation sites (tertiary alicyclic amines) is 2. The predicted molar refractivity (Wildman–Crippen MR) is 98.2 cm³/mol. The fraction of sp³-hybridized carbons (Fsp3) is 0.895. The molecule has 6 nitrogen and oxygen atoms in total. The van der Waals surface area contributed by atoms with Crippen LogP contribution >= 0.6 is 0 Å². The van der Waals surface area contributed by atoms with Crippen molar-refractivity contribution in [1.82, 2.24) is 20.4 Å². The van der Waals surface area contributed by atoms with Gasteiger partial charge in [-0.15, -0.1) is 0 Å². The van der Waals surface area contributed by atoms with E-state index < -0.39 is 6.04 Å². The van der Waals surface area contributed by atoms with Gasteiger partial charge >= 0.3 is 0 Å². The van der Waals surface area contributed by atoms with Gasteiger partial charge in [0.05, 0.1) is 6.04 Å². The summed E-state index contributed by atoms with van der Waals surface area (Å²) < 4.78 is 0.